The number of benzene rings is 2. The van der Waals surface area contributed by atoms with E-state index in [2.05, 4.69) is 5.32 Å². The van der Waals surface area contributed by atoms with E-state index in [4.69, 9.17) is 0 Å². The number of carbonyl (C=O) groups is 1. The third kappa shape index (κ3) is 3.44. The normalized spacial score (nSPS) is 10.3. The molecule has 2 rings (SSSR count). The molecule has 0 bridgehead atoms. The minimum atomic E-state index is 0.0289. The smallest absolute Gasteiger partial charge is 0.228 e. The van der Waals surface area contributed by atoms with E-state index in [9.17, 15) is 4.79 Å². The molecule has 0 radical (unpaired) electrons. The van der Waals surface area contributed by atoms with Crippen LogP contribution in [0.15, 0.2) is 42.5 Å². The molecule has 2 nitrogen and oxygen atoms in total. The van der Waals surface area contributed by atoms with Crippen molar-refractivity contribution in [3.63, 3.8) is 0 Å². The molecule has 2 heteroatoms. The second-order valence-corrected chi connectivity index (χ2v) is 4.98. The predicted molar refractivity (Wildman–Crippen MR) is 79.4 cm³/mol. The van der Waals surface area contributed by atoms with Crippen molar-refractivity contribution >= 4 is 11.6 Å². The summed E-state index contributed by atoms with van der Waals surface area (Å²) < 4.78 is 0. The highest BCUT2D eigenvalue weighted by molar-refractivity contribution is 5.93. The molecule has 0 fully saturated rings. The van der Waals surface area contributed by atoms with Gasteiger partial charge >= 0.3 is 0 Å². The Morgan fingerprint density at radius 3 is 2.11 bits per heavy atom. The first-order valence-electron chi connectivity index (χ1n) is 6.48. The van der Waals surface area contributed by atoms with Gasteiger partial charge in [-0.1, -0.05) is 48.0 Å². The van der Waals surface area contributed by atoms with Gasteiger partial charge in [-0.15, -0.1) is 0 Å². The highest BCUT2D eigenvalue weighted by Gasteiger charge is 2.07. The lowest BCUT2D eigenvalue weighted by molar-refractivity contribution is -0.115. The average molecular weight is 253 g/mol. The molecular weight excluding hydrogens is 234 g/mol. The zero-order valence-corrected chi connectivity index (χ0v) is 11.7. The summed E-state index contributed by atoms with van der Waals surface area (Å²) in [4.78, 5) is 12.1. The van der Waals surface area contributed by atoms with Gasteiger partial charge in [-0.05, 0) is 37.5 Å². The van der Waals surface area contributed by atoms with Crippen molar-refractivity contribution in [2.24, 2.45) is 0 Å². The maximum absolute atomic E-state index is 12.1. The molecule has 0 unspecified atom stereocenters. The van der Waals surface area contributed by atoms with E-state index in [1.165, 1.54) is 5.56 Å². The first-order valence-corrected chi connectivity index (χ1v) is 6.48. The van der Waals surface area contributed by atoms with Crippen LogP contribution in [-0.4, -0.2) is 5.91 Å². The lowest BCUT2D eigenvalue weighted by Gasteiger charge is -2.11. The molecule has 2 aromatic carbocycles. The van der Waals surface area contributed by atoms with Crippen LogP contribution < -0.4 is 5.32 Å². The highest BCUT2D eigenvalue weighted by atomic mass is 16.1. The molecule has 0 aliphatic rings. The van der Waals surface area contributed by atoms with Crippen LogP contribution in [0.1, 0.15) is 22.3 Å². The van der Waals surface area contributed by atoms with E-state index in [-0.39, 0.29) is 5.91 Å². The van der Waals surface area contributed by atoms with Gasteiger partial charge in [0.25, 0.3) is 0 Å². The maximum atomic E-state index is 12.1. The van der Waals surface area contributed by atoms with Gasteiger partial charge in [0, 0.05) is 5.69 Å². The maximum Gasteiger partial charge on any atom is 0.228 e. The molecule has 0 saturated carbocycles. The van der Waals surface area contributed by atoms with Crippen molar-refractivity contribution in [3.05, 3.63) is 64.7 Å². The fourth-order valence-electron chi connectivity index (χ4n) is 2.09. The lowest BCUT2D eigenvalue weighted by Crippen LogP contribution is -2.16. The molecule has 0 aliphatic carbocycles. The summed E-state index contributed by atoms with van der Waals surface area (Å²) in [7, 11) is 0. The van der Waals surface area contributed by atoms with Crippen LogP contribution in [0.5, 0.6) is 0 Å². The third-order valence-electron chi connectivity index (χ3n) is 3.23. The Balaban J connectivity index is 2.07. The van der Waals surface area contributed by atoms with Crippen LogP contribution in [-0.2, 0) is 11.2 Å². The van der Waals surface area contributed by atoms with Gasteiger partial charge < -0.3 is 5.32 Å². The Labute approximate surface area is 114 Å². The average Bonchev–Trinajstić information content (AvgIpc) is 2.37. The van der Waals surface area contributed by atoms with Gasteiger partial charge in [0.05, 0.1) is 6.42 Å². The van der Waals surface area contributed by atoms with Crippen LogP contribution in [0.2, 0.25) is 0 Å². The Morgan fingerprint density at radius 1 is 0.947 bits per heavy atom. The zero-order valence-electron chi connectivity index (χ0n) is 11.7. The lowest BCUT2D eigenvalue weighted by atomic mass is 10.1. The topological polar surface area (TPSA) is 29.1 Å². The largest absolute Gasteiger partial charge is 0.325 e. The summed E-state index contributed by atoms with van der Waals surface area (Å²) in [6, 6.07) is 14.1. The van der Waals surface area contributed by atoms with E-state index < -0.39 is 0 Å². The number of para-hydroxylation sites is 1. The monoisotopic (exact) mass is 253 g/mol. The number of amides is 1. The van der Waals surface area contributed by atoms with Gasteiger partial charge in [-0.3, -0.25) is 4.79 Å². The van der Waals surface area contributed by atoms with Crippen LogP contribution in [0.25, 0.3) is 0 Å². The van der Waals surface area contributed by atoms with E-state index in [1.807, 2.05) is 63.2 Å². The number of aryl methyl sites for hydroxylation is 3. The van der Waals surface area contributed by atoms with Gasteiger partial charge in [0.1, 0.15) is 0 Å². The van der Waals surface area contributed by atoms with E-state index in [1.54, 1.807) is 0 Å². The second-order valence-electron chi connectivity index (χ2n) is 4.98. The number of nitrogens with one attached hydrogen (secondary N) is 1. The molecule has 1 amide bonds. The van der Waals surface area contributed by atoms with Crippen molar-refractivity contribution in [2.45, 2.75) is 27.2 Å². The van der Waals surface area contributed by atoms with Gasteiger partial charge in [-0.2, -0.15) is 0 Å². The molecule has 0 spiro atoms. The molecule has 0 atom stereocenters. The molecule has 0 aromatic heterocycles. The quantitative estimate of drug-likeness (QED) is 0.885. The fourth-order valence-corrected chi connectivity index (χ4v) is 2.09. The van der Waals surface area contributed by atoms with E-state index in [0.29, 0.717) is 6.42 Å². The summed E-state index contributed by atoms with van der Waals surface area (Å²) in [6.07, 6.45) is 0.411. The van der Waals surface area contributed by atoms with Crippen molar-refractivity contribution in [2.75, 3.05) is 5.32 Å². The second kappa shape index (κ2) is 5.70. The van der Waals surface area contributed by atoms with Crippen LogP contribution >= 0.6 is 0 Å². The summed E-state index contributed by atoms with van der Waals surface area (Å²) in [5, 5.41) is 3.00. The third-order valence-corrected chi connectivity index (χ3v) is 3.23. The van der Waals surface area contributed by atoms with Crippen molar-refractivity contribution in [1.82, 2.24) is 0 Å². The number of anilines is 1. The number of hydrogen-bond donors (Lipinski definition) is 1. The Bertz CT molecular complexity index is 564. The Kier molecular flexibility index (Phi) is 4.00. The van der Waals surface area contributed by atoms with E-state index >= 15 is 0 Å². The minimum absolute atomic E-state index is 0.0289. The molecule has 2 aromatic rings. The zero-order chi connectivity index (χ0) is 13.8. The SMILES string of the molecule is Cc1ccc(CC(=O)Nc2c(C)cccc2C)cc1. The predicted octanol–water partition coefficient (Wildman–Crippen LogP) is 3.79. The van der Waals surface area contributed by atoms with Gasteiger partial charge in [-0.25, -0.2) is 0 Å². The summed E-state index contributed by atoms with van der Waals surface area (Å²) in [5.74, 6) is 0.0289. The molecule has 0 saturated heterocycles. The minimum Gasteiger partial charge on any atom is -0.325 e. The van der Waals surface area contributed by atoms with E-state index in [0.717, 1.165) is 22.4 Å². The van der Waals surface area contributed by atoms with Crippen LogP contribution in [0.3, 0.4) is 0 Å². The van der Waals surface area contributed by atoms with Crippen molar-refractivity contribution in [3.8, 4) is 0 Å². The summed E-state index contributed by atoms with van der Waals surface area (Å²) in [5.41, 5.74) is 5.36. The number of carbonyl (C=O) groups excluding carboxylic acids is 1. The number of rotatable bonds is 3. The van der Waals surface area contributed by atoms with Crippen LogP contribution in [0, 0.1) is 20.8 Å². The molecule has 1 N–H and O–H groups in total. The first-order chi connectivity index (χ1) is 9.06. The Hall–Kier alpha value is -2.09. The van der Waals surface area contributed by atoms with Crippen LogP contribution in [0.4, 0.5) is 5.69 Å². The fraction of sp³-hybridized carbons (Fsp3) is 0.235. The molecule has 0 heterocycles. The standard InChI is InChI=1S/C17H19NO/c1-12-7-9-15(10-8-12)11-16(19)18-17-13(2)5-4-6-14(17)3/h4-10H,11H2,1-3H3,(H,18,19). The van der Waals surface area contributed by atoms with Gasteiger partial charge in [0.15, 0.2) is 0 Å². The summed E-state index contributed by atoms with van der Waals surface area (Å²) >= 11 is 0. The Morgan fingerprint density at radius 2 is 1.53 bits per heavy atom. The molecular formula is C17H19NO. The molecule has 19 heavy (non-hydrogen) atoms. The van der Waals surface area contributed by atoms with Gasteiger partial charge in [0.2, 0.25) is 5.91 Å². The summed E-state index contributed by atoms with van der Waals surface area (Å²) in [6.45, 7) is 6.06. The van der Waals surface area contributed by atoms with Crippen molar-refractivity contribution in [1.29, 1.82) is 0 Å². The van der Waals surface area contributed by atoms with Crippen molar-refractivity contribution < 1.29 is 4.79 Å². The molecule has 98 valence electrons. The number of hydrogen-bond acceptors (Lipinski definition) is 1. The first kappa shape index (κ1) is 13.3. The highest BCUT2D eigenvalue weighted by Crippen LogP contribution is 2.19. The molecule has 0 aliphatic heterocycles.